The lowest BCUT2D eigenvalue weighted by Gasteiger charge is -2.13. The zero-order valence-corrected chi connectivity index (χ0v) is 15.2. The summed E-state index contributed by atoms with van der Waals surface area (Å²) in [4.78, 5) is 12.4. The summed E-state index contributed by atoms with van der Waals surface area (Å²) in [7, 11) is 1.51. The number of thioether (sulfide) groups is 1. The highest BCUT2D eigenvalue weighted by atomic mass is 32.2. The lowest BCUT2D eigenvalue weighted by atomic mass is 10.2. The van der Waals surface area contributed by atoms with Gasteiger partial charge < -0.3 is 14.8 Å². The second-order valence-corrected chi connectivity index (χ2v) is 6.15. The molecule has 26 heavy (non-hydrogen) atoms. The molecule has 0 heterocycles. The minimum atomic E-state index is -2.57. The fourth-order valence-electron chi connectivity index (χ4n) is 2.20. The van der Waals surface area contributed by atoms with Crippen molar-refractivity contribution >= 4 is 29.4 Å². The molecule has 0 saturated carbocycles. The molecule has 138 valence electrons. The largest absolute Gasteiger partial charge is 0.493 e. The number of methoxy groups -OCH3 is 1. The maximum Gasteiger partial charge on any atom is 0.288 e. The predicted octanol–water partition coefficient (Wildman–Crippen LogP) is 5.06. The summed E-state index contributed by atoms with van der Waals surface area (Å²) in [6, 6.07) is 11.7. The van der Waals surface area contributed by atoms with Gasteiger partial charge in [-0.25, -0.2) is 0 Å². The van der Waals surface area contributed by atoms with E-state index in [4.69, 9.17) is 9.47 Å². The molecule has 0 spiro atoms. The van der Waals surface area contributed by atoms with Gasteiger partial charge in [-0.3, -0.25) is 4.79 Å². The van der Waals surface area contributed by atoms with Gasteiger partial charge >= 0.3 is 0 Å². The first-order valence-electron chi connectivity index (χ1n) is 7.80. The van der Waals surface area contributed by atoms with Gasteiger partial charge in [-0.15, -0.1) is 0 Å². The highest BCUT2D eigenvalue weighted by Gasteiger charge is 2.13. The van der Waals surface area contributed by atoms with Crippen LogP contribution in [0.1, 0.15) is 12.5 Å². The topological polar surface area (TPSA) is 47.6 Å². The van der Waals surface area contributed by atoms with Crippen molar-refractivity contribution in [3.63, 3.8) is 0 Å². The number of nitrogens with one attached hydrogen (secondary N) is 1. The average molecular weight is 379 g/mol. The molecule has 2 aromatic carbocycles. The van der Waals surface area contributed by atoms with Crippen LogP contribution in [0.25, 0.3) is 6.08 Å². The fourth-order valence-corrected chi connectivity index (χ4v) is 2.79. The molecule has 1 N–H and O–H groups in total. The van der Waals surface area contributed by atoms with E-state index in [1.54, 1.807) is 30.3 Å². The van der Waals surface area contributed by atoms with Crippen LogP contribution in [0.5, 0.6) is 11.5 Å². The number of carbonyl (C=O) groups excluding carboxylic acids is 1. The van der Waals surface area contributed by atoms with E-state index in [0.29, 0.717) is 33.8 Å². The summed E-state index contributed by atoms with van der Waals surface area (Å²) in [6.07, 6.45) is 3.81. The summed E-state index contributed by atoms with van der Waals surface area (Å²) < 4.78 is 35.9. The van der Waals surface area contributed by atoms with Gasteiger partial charge in [0.05, 0.1) is 12.8 Å². The van der Waals surface area contributed by atoms with Crippen molar-refractivity contribution in [1.82, 2.24) is 0 Å². The molecule has 0 radical (unpaired) electrons. The van der Waals surface area contributed by atoms with Crippen molar-refractivity contribution in [1.29, 1.82) is 0 Å². The van der Waals surface area contributed by atoms with Gasteiger partial charge in [0.15, 0.2) is 18.1 Å². The Hall–Kier alpha value is -2.54. The Kier molecular flexibility index (Phi) is 7.47. The number of amides is 1. The number of rotatable bonds is 8. The summed E-state index contributed by atoms with van der Waals surface area (Å²) in [5.41, 5.74) is 1.26. The molecule has 0 aliphatic heterocycles. The second-order valence-electron chi connectivity index (χ2n) is 5.12. The number of ether oxygens (including phenoxy) is 2. The normalized spacial score (nSPS) is 11.0. The molecule has 0 saturated heterocycles. The van der Waals surface area contributed by atoms with Crippen LogP contribution in [-0.4, -0.2) is 25.4 Å². The number of halogens is 2. The highest BCUT2D eigenvalue weighted by Crippen LogP contribution is 2.32. The van der Waals surface area contributed by atoms with Gasteiger partial charge in [-0.05, 0) is 36.8 Å². The summed E-state index contributed by atoms with van der Waals surface area (Å²) in [5, 5.41) is 2.59. The van der Waals surface area contributed by atoms with E-state index < -0.39 is 11.7 Å². The molecule has 2 aromatic rings. The fraction of sp³-hybridized carbons (Fsp3) is 0.211. The number of benzene rings is 2. The molecule has 0 fully saturated rings. The standard InChI is InChI=1S/C19H19F2NO3S/c1-3-6-13-9-10-15(16(11-13)24-2)25-12-18(23)22-14-7-4-5-8-17(14)26-19(20)21/h3-11,19H,12H2,1-2H3,(H,22,23)/b6-3+. The molecule has 4 nitrogen and oxygen atoms in total. The molecule has 0 aliphatic carbocycles. The van der Waals surface area contributed by atoms with E-state index in [1.165, 1.54) is 13.2 Å². The Balaban J connectivity index is 2.01. The van der Waals surface area contributed by atoms with Crippen LogP contribution in [0.15, 0.2) is 53.4 Å². The van der Waals surface area contributed by atoms with Gasteiger partial charge in [0.1, 0.15) is 0 Å². The van der Waals surface area contributed by atoms with Crippen molar-refractivity contribution in [3.05, 3.63) is 54.1 Å². The molecule has 0 atom stereocenters. The SMILES string of the molecule is C/C=C/c1ccc(OCC(=O)Nc2ccccc2SC(F)F)c(OC)c1. The Bertz CT molecular complexity index is 781. The third-order valence-corrected chi connectivity index (χ3v) is 4.07. The van der Waals surface area contributed by atoms with Gasteiger partial charge in [0.25, 0.3) is 11.7 Å². The Morgan fingerprint density at radius 2 is 2.00 bits per heavy atom. The zero-order chi connectivity index (χ0) is 18.9. The van der Waals surface area contributed by atoms with E-state index in [1.807, 2.05) is 25.1 Å². The zero-order valence-electron chi connectivity index (χ0n) is 14.4. The maximum absolute atomic E-state index is 12.6. The third-order valence-electron chi connectivity index (χ3n) is 3.28. The molecule has 1 amide bonds. The van der Waals surface area contributed by atoms with Crippen LogP contribution in [0.2, 0.25) is 0 Å². The van der Waals surface area contributed by atoms with Crippen LogP contribution in [0.3, 0.4) is 0 Å². The number of allylic oxidation sites excluding steroid dienone is 1. The van der Waals surface area contributed by atoms with E-state index in [0.717, 1.165) is 5.56 Å². The van der Waals surface area contributed by atoms with Crippen LogP contribution >= 0.6 is 11.8 Å². The lowest BCUT2D eigenvalue weighted by molar-refractivity contribution is -0.118. The van der Waals surface area contributed by atoms with Gasteiger partial charge in [-0.1, -0.05) is 42.1 Å². The van der Waals surface area contributed by atoms with E-state index in [9.17, 15) is 13.6 Å². The minimum Gasteiger partial charge on any atom is -0.493 e. The number of hydrogen-bond donors (Lipinski definition) is 1. The minimum absolute atomic E-state index is 0.271. The first-order chi connectivity index (χ1) is 12.5. The Morgan fingerprint density at radius 1 is 1.23 bits per heavy atom. The highest BCUT2D eigenvalue weighted by molar-refractivity contribution is 7.99. The van der Waals surface area contributed by atoms with E-state index >= 15 is 0 Å². The first kappa shape index (κ1) is 19.8. The third kappa shape index (κ3) is 5.77. The molecule has 0 aliphatic rings. The number of para-hydroxylation sites is 1. The number of alkyl halides is 2. The summed E-state index contributed by atoms with van der Waals surface area (Å²) in [5.74, 6) is -2.09. The van der Waals surface area contributed by atoms with Crippen molar-refractivity contribution in [2.75, 3.05) is 19.0 Å². The molecule has 0 bridgehead atoms. The lowest BCUT2D eigenvalue weighted by Crippen LogP contribution is -2.20. The van der Waals surface area contributed by atoms with Crippen LogP contribution in [0, 0.1) is 0 Å². The van der Waals surface area contributed by atoms with E-state index in [2.05, 4.69) is 5.32 Å². The maximum atomic E-state index is 12.6. The molecular weight excluding hydrogens is 360 g/mol. The van der Waals surface area contributed by atoms with Gasteiger partial charge in [-0.2, -0.15) is 8.78 Å². The molecule has 0 unspecified atom stereocenters. The number of carbonyl (C=O) groups is 1. The quantitative estimate of drug-likeness (QED) is 0.651. The summed E-state index contributed by atoms with van der Waals surface area (Å²) in [6.45, 7) is 1.64. The van der Waals surface area contributed by atoms with Gasteiger partial charge in [0.2, 0.25) is 0 Å². The van der Waals surface area contributed by atoms with Crippen molar-refractivity contribution in [2.24, 2.45) is 0 Å². The molecule has 7 heteroatoms. The van der Waals surface area contributed by atoms with Crippen LogP contribution < -0.4 is 14.8 Å². The predicted molar refractivity (Wildman–Crippen MR) is 100 cm³/mol. The smallest absolute Gasteiger partial charge is 0.288 e. The van der Waals surface area contributed by atoms with Crippen molar-refractivity contribution in [3.8, 4) is 11.5 Å². The van der Waals surface area contributed by atoms with Gasteiger partial charge in [0, 0.05) is 4.90 Å². The first-order valence-corrected chi connectivity index (χ1v) is 8.68. The second kappa shape index (κ2) is 9.82. The number of anilines is 1. The Labute approximate surface area is 155 Å². The van der Waals surface area contributed by atoms with E-state index in [-0.39, 0.29) is 6.61 Å². The van der Waals surface area contributed by atoms with Crippen molar-refractivity contribution in [2.45, 2.75) is 17.6 Å². The average Bonchev–Trinajstić information content (AvgIpc) is 2.62. The molecule has 0 aromatic heterocycles. The molecule has 2 rings (SSSR count). The summed E-state index contributed by atoms with van der Waals surface area (Å²) >= 11 is 0.378. The molecular formula is C19H19F2NO3S. The Morgan fingerprint density at radius 3 is 2.69 bits per heavy atom. The van der Waals surface area contributed by atoms with Crippen LogP contribution in [0.4, 0.5) is 14.5 Å². The van der Waals surface area contributed by atoms with Crippen molar-refractivity contribution < 1.29 is 23.0 Å². The monoisotopic (exact) mass is 379 g/mol. The number of hydrogen-bond acceptors (Lipinski definition) is 4. The van der Waals surface area contributed by atoms with Crippen LogP contribution in [-0.2, 0) is 4.79 Å².